The lowest BCUT2D eigenvalue weighted by atomic mass is 10.00. The third-order valence-corrected chi connectivity index (χ3v) is 7.51. The van der Waals surface area contributed by atoms with Crippen molar-refractivity contribution in [1.82, 2.24) is 19.8 Å². The minimum Gasteiger partial charge on any atom is -0.341 e. The Bertz CT molecular complexity index is 996. The number of carbonyl (C=O) groups excluding carboxylic acids is 1. The molecule has 2 aromatic rings. The number of likely N-dealkylation sites (tertiary alicyclic amines) is 1. The van der Waals surface area contributed by atoms with Crippen LogP contribution in [0.1, 0.15) is 73.5 Å². The molecular formula is C25H32N4O2. The molecule has 1 N–H and O–H groups in total. The normalized spacial score (nSPS) is 23.1. The van der Waals surface area contributed by atoms with Gasteiger partial charge in [0.25, 0.3) is 5.56 Å². The van der Waals surface area contributed by atoms with Gasteiger partial charge in [0.15, 0.2) is 0 Å². The number of hydrogen-bond acceptors (Lipinski definition) is 4. The quantitative estimate of drug-likeness (QED) is 0.825. The van der Waals surface area contributed by atoms with E-state index in [-0.39, 0.29) is 23.3 Å². The van der Waals surface area contributed by atoms with Gasteiger partial charge < -0.3 is 9.88 Å². The first-order valence-electron chi connectivity index (χ1n) is 11.8. The van der Waals surface area contributed by atoms with Crippen molar-refractivity contribution in [3.8, 4) is 0 Å². The summed E-state index contributed by atoms with van der Waals surface area (Å²) in [7, 11) is 0. The SMILES string of the molecule is C[C@@H](C(=O)N1CC[C@@H](c2nc3c(c(=O)[nH]2)CN(C2CCCC2)CC3)C1)c1ccccc1. The topological polar surface area (TPSA) is 69.3 Å². The molecule has 1 saturated heterocycles. The molecule has 0 spiro atoms. The zero-order valence-corrected chi connectivity index (χ0v) is 18.3. The first kappa shape index (κ1) is 20.4. The van der Waals surface area contributed by atoms with Crippen molar-refractivity contribution in [2.24, 2.45) is 0 Å². The lowest BCUT2D eigenvalue weighted by Crippen LogP contribution is -2.41. The zero-order chi connectivity index (χ0) is 21.4. The van der Waals surface area contributed by atoms with E-state index in [9.17, 15) is 9.59 Å². The van der Waals surface area contributed by atoms with Crippen LogP contribution in [-0.4, -0.2) is 51.4 Å². The van der Waals surface area contributed by atoms with E-state index in [1.165, 1.54) is 25.7 Å². The summed E-state index contributed by atoms with van der Waals surface area (Å²) in [6, 6.07) is 10.6. The number of amides is 1. The maximum atomic E-state index is 13.0. The molecular weight excluding hydrogens is 388 g/mol. The summed E-state index contributed by atoms with van der Waals surface area (Å²) in [5.41, 5.74) is 2.88. The molecule has 1 saturated carbocycles. The number of benzene rings is 1. The number of hydrogen-bond donors (Lipinski definition) is 1. The smallest absolute Gasteiger partial charge is 0.255 e. The second-order valence-corrected chi connectivity index (χ2v) is 9.44. The van der Waals surface area contributed by atoms with Gasteiger partial charge in [0.1, 0.15) is 5.82 Å². The Morgan fingerprint density at radius 3 is 2.68 bits per heavy atom. The molecule has 5 rings (SSSR count). The fraction of sp³-hybridized carbons (Fsp3) is 0.560. The van der Waals surface area contributed by atoms with Crippen molar-refractivity contribution < 1.29 is 4.79 Å². The molecule has 6 heteroatoms. The number of nitrogens with one attached hydrogen (secondary N) is 1. The third kappa shape index (κ3) is 4.05. The molecule has 6 nitrogen and oxygen atoms in total. The van der Waals surface area contributed by atoms with Gasteiger partial charge in [0.05, 0.1) is 17.2 Å². The lowest BCUT2D eigenvalue weighted by Gasteiger charge is -2.32. The Morgan fingerprint density at radius 2 is 1.90 bits per heavy atom. The number of nitrogens with zero attached hydrogens (tertiary/aromatic N) is 3. The van der Waals surface area contributed by atoms with Crippen LogP contribution in [-0.2, 0) is 17.8 Å². The lowest BCUT2D eigenvalue weighted by molar-refractivity contribution is -0.131. The van der Waals surface area contributed by atoms with Gasteiger partial charge in [0, 0.05) is 44.6 Å². The predicted octanol–water partition coefficient (Wildman–Crippen LogP) is 3.19. The Balaban J connectivity index is 1.28. The first-order valence-corrected chi connectivity index (χ1v) is 11.8. The van der Waals surface area contributed by atoms with Crippen molar-refractivity contribution in [3.63, 3.8) is 0 Å². The van der Waals surface area contributed by atoms with E-state index in [4.69, 9.17) is 4.98 Å². The molecule has 1 aliphatic carbocycles. The van der Waals surface area contributed by atoms with Crippen LogP contribution in [0.3, 0.4) is 0 Å². The van der Waals surface area contributed by atoms with Crippen molar-refractivity contribution in [3.05, 3.63) is 63.3 Å². The first-order chi connectivity index (χ1) is 15.1. The molecule has 1 amide bonds. The monoisotopic (exact) mass is 420 g/mol. The van der Waals surface area contributed by atoms with E-state index in [0.717, 1.165) is 55.1 Å². The predicted molar refractivity (Wildman–Crippen MR) is 120 cm³/mol. The summed E-state index contributed by atoms with van der Waals surface area (Å²) < 4.78 is 0. The van der Waals surface area contributed by atoms with Crippen molar-refractivity contribution >= 4 is 5.91 Å². The number of carbonyl (C=O) groups is 1. The van der Waals surface area contributed by atoms with Gasteiger partial charge in [0.2, 0.25) is 5.91 Å². The Labute approximate surface area is 183 Å². The summed E-state index contributed by atoms with van der Waals surface area (Å²) in [6.45, 7) is 5.05. The standard InChI is InChI=1S/C25H32N4O2/c1-17(18-7-3-2-4-8-18)25(31)29-13-11-19(15-29)23-26-22-12-14-28(20-9-5-6-10-20)16-21(22)24(30)27-23/h2-4,7-8,17,19-20H,5-6,9-16H2,1H3,(H,26,27,30)/t17-,19-/m1/s1. The summed E-state index contributed by atoms with van der Waals surface area (Å²) in [5, 5.41) is 0. The van der Waals surface area contributed by atoms with Gasteiger partial charge in [-0.3, -0.25) is 14.5 Å². The molecule has 2 fully saturated rings. The van der Waals surface area contributed by atoms with Crippen LogP contribution >= 0.6 is 0 Å². The minimum atomic E-state index is -0.155. The van der Waals surface area contributed by atoms with Crippen LogP contribution in [0.25, 0.3) is 0 Å². The number of fused-ring (bicyclic) bond motifs is 1. The van der Waals surface area contributed by atoms with E-state index in [2.05, 4.69) is 9.88 Å². The van der Waals surface area contributed by atoms with Crippen LogP contribution in [0.4, 0.5) is 0 Å². The Morgan fingerprint density at radius 1 is 1.13 bits per heavy atom. The highest BCUT2D eigenvalue weighted by atomic mass is 16.2. The number of H-pyrrole nitrogens is 1. The van der Waals surface area contributed by atoms with E-state index in [1.54, 1.807) is 0 Å². The van der Waals surface area contributed by atoms with Gasteiger partial charge in [-0.2, -0.15) is 0 Å². The van der Waals surface area contributed by atoms with Crippen LogP contribution in [0.15, 0.2) is 35.1 Å². The molecule has 3 aliphatic rings. The highest BCUT2D eigenvalue weighted by molar-refractivity contribution is 5.83. The van der Waals surface area contributed by atoms with Crippen LogP contribution < -0.4 is 5.56 Å². The average molecular weight is 421 g/mol. The maximum absolute atomic E-state index is 13.0. The number of aromatic nitrogens is 2. The van der Waals surface area contributed by atoms with Gasteiger partial charge in [-0.15, -0.1) is 0 Å². The van der Waals surface area contributed by atoms with Crippen molar-refractivity contribution in [2.45, 2.75) is 69.9 Å². The molecule has 0 unspecified atom stereocenters. The molecule has 3 heterocycles. The molecule has 0 radical (unpaired) electrons. The molecule has 1 aromatic heterocycles. The van der Waals surface area contributed by atoms with Gasteiger partial charge in [-0.05, 0) is 31.7 Å². The second-order valence-electron chi connectivity index (χ2n) is 9.44. The van der Waals surface area contributed by atoms with Gasteiger partial charge in [-0.25, -0.2) is 4.98 Å². The number of aromatic amines is 1. The molecule has 1 aromatic carbocycles. The molecule has 164 valence electrons. The Hall–Kier alpha value is -2.47. The average Bonchev–Trinajstić information content (AvgIpc) is 3.51. The summed E-state index contributed by atoms with van der Waals surface area (Å²) in [4.78, 5) is 38.3. The molecule has 2 aliphatic heterocycles. The summed E-state index contributed by atoms with van der Waals surface area (Å²) in [5.74, 6) is 0.872. The fourth-order valence-corrected chi connectivity index (χ4v) is 5.58. The van der Waals surface area contributed by atoms with Crippen molar-refractivity contribution in [1.29, 1.82) is 0 Å². The largest absolute Gasteiger partial charge is 0.341 e. The van der Waals surface area contributed by atoms with E-state index in [1.807, 2.05) is 42.2 Å². The molecule has 2 atom stereocenters. The van der Waals surface area contributed by atoms with Crippen molar-refractivity contribution in [2.75, 3.05) is 19.6 Å². The summed E-state index contributed by atoms with van der Waals surface area (Å²) >= 11 is 0. The highest BCUT2D eigenvalue weighted by Gasteiger charge is 2.33. The van der Waals surface area contributed by atoms with E-state index < -0.39 is 0 Å². The van der Waals surface area contributed by atoms with Crippen LogP contribution in [0, 0.1) is 0 Å². The molecule has 31 heavy (non-hydrogen) atoms. The van der Waals surface area contributed by atoms with E-state index in [0.29, 0.717) is 12.6 Å². The number of rotatable bonds is 4. The summed E-state index contributed by atoms with van der Waals surface area (Å²) in [6.07, 6.45) is 6.83. The second kappa shape index (κ2) is 8.58. The third-order valence-electron chi connectivity index (χ3n) is 7.51. The van der Waals surface area contributed by atoms with Gasteiger partial charge >= 0.3 is 0 Å². The van der Waals surface area contributed by atoms with E-state index >= 15 is 0 Å². The van der Waals surface area contributed by atoms with Crippen LogP contribution in [0.2, 0.25) is 0 Å². The maximum Gasteiger partial charge on any atom is 0.255 e. The Kier molecular flexibility index (Phi) is 5.65. The molecule has 0 bridgehead atoms. The zero-order valence-electron chi connectivity index (χ0n) is 18.3. The fourth-order valence-electron chi connectivity index (χ4n) is 5.58. The van der Waals surface area contributed by atoms with Gasteiger partial charge in [-0.1, -0.05) is 43.2 Å². The minimum absolute atomic E-state index is 0.0186. The highest BCUT2D eigenvalue weighted by Crippen LogP contribution is 2.30. The van der Waals surface area contributed by atoms with Crippen LogP contribution in [0.5, 0.6) is 0 Å².